The fraction of sp³-hybridized carbons (Fsp3) is 0.214. The molecule has 1 aromatic carbocycles. The summed E-state index contributed by atoms with van der Waals surface area (Å²) in [5, 5.41) is 16.9. The number of aromatic nitrogens is 3. The molecule has 0 aliphatic heterocycles. The summed E-state index contributed by atoms with van der Waals surface area (Å²) in [5.41, 5.74) is 3.52. The molecule has 2 aromatic rings. The molecule has 0 atom stereocenters. The Morgan fingerprint density at radius 3 is 3.00 bits per heavy atom. The first-order chi connectivity index (χ1) is 9.13. The second-order valence-electron chi connectivity index (χ2n) is 4.21. The number of hydrogen-bond donors (Lipinski definition) is 1. The van der Waals surface area contributed by atoms with Crippen LogP contribution in [0.3, 0.4) is 0 Å². The van der Waals surface area contributed by atoms with Gasteiger partial charge < -0.3 is 5.11 Å². The maximum Gasteiger partial charge on any atom is 0.328 e. The summed E-state index contributed by atoms with van der Waals surface area (Å²) in [7, 11) is 0. The number of benzene rings is 1. The van der Waals surface area contributed by atoms with E-state index in [0.717, 1.165) is 41.2 Å². The lowest BCUT2D eigenvalue weighted by Gasteiger charge is -2.02. The molecule has 98 valence electrons. The normalized spacial score (nSPS) is 11.2. The summed E-state index contributed by atoms with van der Waals surface area (Å²) >= 11 is 0. The van der Waals surface area contributed by atoms with Crippen molar-refractivity contribution >= 4 is 23.1 Å². The van der Waals surface area contributed by atoms with Crippen LogP contribution in [0.1, 0.15) is 17.5 Å². The van der Waals surface area contributed by atoms with E-state index in [1.807, 2.05) is 29.8 Å². The van der Waals surface area contributed by atoms with Crippen molar-refractivity contribution in [2.75, 3.05) is 0 Å². The predicted molar refractivity (Wildman–Crippen MR) is 73.7 cm³/mol. The largest absolute Gasteiger partial charge is 0.478 e. The minimum atomic E-state index is -0.964. The lowest BCUT2D eigenvalue weighted by atomic mass is 10.1. The molecule has 2 rings (SSSR count). The van der Waals surface area contributed by atoms with Gasteiger partial charge in [-0.1, -0.05) is 17.4 Å². The SMILES string of the molecule is C=CCCn1nnc2c(C)c(/C=C/C(=O)O)ccc21. The quantitative estimate of drug-likeness (QED) is 0.659. The zero-order valence-corrected chi connectivity index (χ0v) is 10.7. The van der Waals surface area contributed by atoms with Gasteiger partial charge in [0.1, 0.15) is 5.52 Å². The van der Waals surface area contributed by atoms with Gasteiger partial charge in [0.15, 0.2) is 0 Å². The van der Waals surface area contributed by atoms with Crippen LogP contribution in [-0.4, -0.2) is 26.1 Å². The zero-order valence-electron chi connectivity index (χ0n) is 10.7. The molecule has 19 heavy (non-hydrogen) atoms. The van der Waals surface area contributed by atoms with Crippen LogP contribution in [0.5, 0.6) is 0 Å². The molecule has 0 saturated carbocycles. The fourth-order valence-corrected chi connectivity index (χ4v) is 1.90. The smallest absolute Gasteiger partial charge is 0.328 e. The molecule has 0 spiro atoms. The highest BCUT2D eigenvalue weighted by Gasteiger charge is 2.08. The third kappa shape index (κ3) is 2.70. The molecule has 0 amide bonds. The van der Waals surface area contributed by atoms with E-state index in [2.05, 4.69) is 16.9 Å². The number of carbonyl (C=O) groups is 1. The summed E-state index contributed by atoms with van der Waals surface area (Å²) in [6.07, 6.45) is 5.36. The summed E-state index contributed by atoms with van der Waals surface area (Å²) < 4.78 is 1.83. The molecule has 5 heteroatoms. The molecular weight excluding hydrogens is 242 g/mol. The highest BCUT2D eigenvalue weighted by Crippen LogP contribution is 2.21. The van der Waals surface area contributed by atoms with Crippen molar-refractivity contribution in [1.82, 2.24) is 15.0 Å². The average molecular weight is 257 g/mol. The van der Waals surface area contributed by atoms with Crippen LogP contribution in [-0.2, 0) is 11.3 Å². The molecule has 0 bridgehead atoms. The molecule has 0 fully saturated rings. The Morgan fingerprint density at radius 1 is 1.53 bits per heavy atom. The molecule has 5 nitrogen and oxygen atoms in total. The van der Waals surface area contributed by atoms with E-state index < -0.39 is 5.97 Å². The Kier molecular flexibility index (Phi) is 3.75. The van der Waals surface area contributed by atoms with Crippen molar-refractivity contribution in [3.63, 3.8) is 0 Å². The number of allylic oxidation sites excluding steroid dienone is 1. The van der Waals surface area contributed by atoms with Crippen LogP contribution in [0.2, 0.25) is 0 Å². The maximum atomic E-state index is 10.5. The van der Waals surface area contributed by atoms with E-state index in [-0.39, 0.29) is 0 Å². The van der Waals surface area contributed by atoms with Crippen molar-refractivity contribution in [2.24, 2.45) is 0 Å². The Hall–Kier alpha value is -2.43. The summed E-state index contributed by atoms with van der Waals surface area (Å²) in [6.45, 7) is 6.34. The highest BCUT2D eigenvalue weighted by atomic mass is 16.4. The molecular formula is C14H15N3O2. The Morgan fingerprint density at radius 2 is 2.32 bits per heavy atom. The average Bonchev–Trinajstić information content (AvgIpc) is 2.79. The van der Waals surface area contributed by atoms with Crippen LogP contribution in [0.4, 0.5) is 0 Å². The fourth-order valence-electron chi connectivity index (χ4n) is 1.90. The van der Waals surface area contributed by atoms with Crippen molar-refractivity contribution in [1.29, 1.82) is 0 Å². The first-order valence-electron chi connectivity index (χ1n) is 5.98. The van der Waals surface area contributed by atoms with Gasteiger partial charge in [-0.05, 0) is 36.6 Å². The minimum Gasteiger partial charge on any atom is -0.478 e. The third-order valence-corrected chi connectivity index (χ3v) is 2.93. The van der Waals surface area contributed by atoms with Crippen molar-refractivity contribution < 1.29 is 9.90 Å². The van der Waals surface area contributed by atoms with Gasteiger partial charge in [0, 0.05) is 12.6 Å². The molecule has 0 saturated heterocycles. The third-order valence-electron chi connectivity index (χ3n) is 2.93. The zero-order chi connectivity index (χ0) is 13.8. The van der Waals surface area contributed by atoms with Crippen LogP contribution in [0.25, 0.3) is 17.1 Å². The van der Waals surface area contributed by atoms with Gasteiger partial charge >= 0.3 is 5.97 Å². The minimum absolute atomic E-state index is 0.740. The van der Waals surface area contributed by atoms with E-state index in [9.17, 15) is 4.79 Å². The molecule has 0 radical (unpaired) electrons. The number of hydrogen-bond acceptors (Lipinski definition) is 3. The van der Waals surface area contributed by atoms with Crippen LogP contribution >= 0.6 is 0 Å². The number of aliphatic carboxylic acids is 1. The van der Waals surface area contributed by atoms with Crippen LogP contribution in [0.15, 0.2) is 30.9 Å². The van der Waals surface area contributed by atoms with E-state index in [0.29, 0.717) is 0 Å². The lowest BCUT2D eigenvalue weighted by molar-refractivity contribution is -0.131. The standard InChI is InChI=1S/C14H15N3O2/c1-3-4-9-17-12-7-5-11(6-8-13(18)19)10(2)14(12)15-16-17/h3,5-8H,1,4,9H2,2H3,(H,18,19)/b8-6+. The molecule has 0 aliphatic rings. The number of nitrogens with zero attached hydrogens (tertiary/aromatic N) is 3. The first kappa shape index (κ1) is 13.0. The van der Waals surface area contributed by atoms with Crippen molar-refractivity contribution in [2.45, 2.75) is 19.9 Å². The maximum absolute atomic E-state index is 10.5. The van der Waals surface area contributed by atoms with Crippen LogP contribution < -0.4 is 0 Å². The topological polar surface area (TPSA) is 68.0 Å². The Labute approximate surface area is 110 Å². The van der Waals surface area contributed by atoms with Crippen molar-refractivity contribution in [3.05, 3.63) is 42.0 Å². The second-order valence-corrected chi connectivity index (χ2v) is 4.21. The predicted octanol–water partition coefficient (Wildman–Crippen LogP) is 2.41. The number of aryl methyl sites for hydroxylation is 2. The van der Waals surface area contributed by atoms with Gasteiger partial charge in [-0.2, -0.15) is 0 Å². The van der Waals surface area contributed by atoms with Gasteiger partial charge in [0.2, 0.25) is 0 Å². The molecule has 1 aromatic heterocycles. The van der Waals surface area contributed by atoms with E-state index in [4.69, 9.17) is 5.11 Å². The van der Waals surface area contributed by atoms with E-state index in [1.54, 1.807) is 6.08 Å². The lowest BCUT2D eigenvalue weighted by Crippen LogP contribution is -1.99. The number of carboxylic acid groups (broad SMARTS) is 1. The number of fused-ring (bicyclic) bond motifs is 1. The monoisotopic (exact) mass is 257 g/mol. The number of carboxylic acids is 1. The summed E-state index contributed by atoms with van der Waals surface area (Å²) in [6, 6.07) is 3.79. The molecule has 0 unspecified atom stereocenters. The van der Waals surface area contributed by atoms with E-state index >= 15 is 0 Å². The van der Waals surface area contributed by atoms with Gasteiger partial charge in [0.25, 0.3) is 0 Å². The Bertz CT molecular complexity index is 656. The first-order valence-corrected chi connectivity index (χ1v) is 5.98. The molecule has 0 aliphatic carbocycles. The summed E-state index contributed by atoms with van der Waals surface area (Å²) in [5.74, 6) is -0.964. The van der Waals surface area contributed by atoms with Gasteiger partial charge in [0.05, 0.1) is 5.52 Å². The van der Waals surface area contributed by atoms with E-state index in [1.165, 1.54) is 0 Å². The molecule has 1 heterocycles. The van der Waals surface area contributed by atoms with Gasteiger partial charge in [-0.15, -0.1) is 11.7 Å². The second kappa shape index (κ2) is 5.48. The Balaban J connectivity index is 2.43. The highest BCUT2D eigenvalue weighted by molar-refractivity contribution is 5.88. The van der Waals surface area contributed by atoms with Gasteiger partial charge in [-0.25, -0.2) is 9.48 Å². The van der Waals surface area contributed by atoms with Crippen LogP contribution in [0, 0.1) is 6.92 Å². The number of rotatable bonds is 5. The summed E-state index contributed by atoms with van der Waals surface area (Å²) in [4.78, 5) is 10.5. The van der Waals surface area contributed by atoms with Crippen molar-refractivity contribution in [3.8, 4) is 0 Å². The molecule has 1 N–H and O–H groups in total. The van der Waals surface area contributed by atoms with Gasteiger partial charge in [-0.3, -0.25) is 0 Å².